The Balaban J connectivity index is 1.99. The summed E-state index contributed by atoms with van der Waals surface area (Å²) in [6.45, 7) is 13.7. The van der Waals surface area contributed by atoms with Crippen LogP contribution < -0.4 is 0 Å². The molecule has 0 aromatic carbocycles. The molecule has 0 atom stereocenters. The van der Waals surface area contributed by atoms with Crippen LogP contribution in [0, 0.1) is 0 Å². The summed E-state index contributed by atoms with van der Waals surface area (Å²) in [7, 11) is -1.57. The van der Waals surface area contributed by atoms with Crippen LogP contribution in [0.4, 0.5) is 0 Å². The van der Waals surface area contributed by atoms with Crippen molar-refractivity contribution in [2.24, 2.45) is 0 Å². The molecule has 0 saturated carbocycles. The minimum absolute atomic E-state index is 0.298. The van der Waals surface area contributed by atoms with Gasteiger partial charge in [-0.3, -0.25) is 0 Å². The summed E-state index contributed by atoms with van der Waals surface area (Å²) in [5.74, 6) is 0. The van der Waals surface area contributed by atoms with Crippen LogP contribution in [0.25, 0.3) is 0 Å². The van der Waals surface area contributed by atoms with Gasteiger partial charge in [0.25, 0.3) is 0 Å². The number of unbranched alkanes of at least 4 members (excludes halogenated alkanes) is 3. The molecule has 0 heterocycles. The fourth-order valence-electron chi connectivity index (χ4n) is 2.11. The predicted octanol–water partition coefficient (Wildman–Crippen LogP) is 5.52. The molecule has 1 rings (SSSR count). The normalized spacial score (nSPS) is 17.1. The third-order valence-corrected chi connectivity index (χ3v) is 9.33. The number of hydrogen-bond donors (Lipinski definition) is 1. The maximum absolute atomic E-state index is 9.05. The molecule has 3 nitrogen and oxygen atoms in total. The number of aliphatic hydroxyl groups excluding tert-OH is 1. The maximum Gasteiger partial charge on any atom is 0.191 e. The molecule has 23 heavy (non-hydrogen) atoms. The second-order valence-corrected chi connectivity index (χ2v) is 12.5. The lowest BCUT2D eigenvalue weighted by Crippen LogP contribution is -2.40. The topological polar surface area (TPSA) is 38.7 Å². The van der Waals surface area contributed by atoms with Gasteiger partial charge >= 0.3 is 0 Å². The highest BCUT2D eigenvalue weighted by Gasteiger charge is 2.36. The van der Waals surface area contributed by atoms with E-state index in [9.17, 15) is 0 Å². The van der Waals surface area contributed by atoms with Gasteiger partial charge in [0.05, 0.1) is 12.9 Å². The van der Waals surface area contributed by atoms with E-state index >= 15 is 0 Å². The molecule has 132 valence electrons. The van der Waals surface area contributed by atoms with Crippen LogP contribution in [-0.2, 0) is 9.16 Å². The van der Waals surface area contributed by atoms with Crippen LogP contribution >= 0.6 is 0 Å². The van der Waals surface area contributed by atoms with Crippen LogP contribution in [0.2, 0.25) is 18.1 Å². The average molecular weight is 339 g/mol. The average Bonchev–Trinajstić information content (AvgIpc) is 2.91. The van der Waals surface area contributed by atoms with Gasteiger partial charge in [0.15, 0.2) is 8.32 Å². The van der Waals surface area contributed by atoms with Gasteiger partial charge in [0.1, 0.15) is 0 Å². The second kappa shape index (κ2) is 9.45. The van der Waals surface area contributed by atoms with Gasteiger partial charge in [0.2, 0.25) is 0 Å². The number of hydrogen-bond acceptors (Lipinski definition) is 3. The molecule has 4 heteroatoms. The molecule has 0 aromatic heterocycles. The van der Waals surface area contributed by atoms with Crippen LogP contribution in [0.3, 0.4) is 0 Å². The highest BCUT2D eigenvalue weighted by atomic mass is 28.4. The van der Waals surface area contributed by atoms with E-state index in [-0.39, 0.29) is 0 Å². The molecule has 0 saturated heterocycles. The Morgan fingerprint density at radius 2 is 1.74 bits per heavy atom. The number of allylic oxidation sites excluding steroid dienone is 3. The number of ether oxygens (including phenoxy) is 1. The van der Waals surface area contributed by atoms with E-state index < -0.39 is 8.32 Å². The zero-order valence-electron chi connectivity index (χ0n) is 15.5. The van der Waals surface area contributed by atoms with Gasteiger partial charge in [0, 0.05) is 18.8 Å². The van der Waals surface area contributed by atoms with E-state index in [4.69, 9.17) is 14.3 Å². The van der Waals surface area contributed by atoms with Crippen molar-refractivity contribution < 1.29 is 14.3 Å². The lowest BCUT2D eigenvalue weighted by atomic mass is 10.2. The highest BCUT2D eigenvalue weighted by Crippen LogP contribution is 2.36. The van der Waals surface area contributed by atoms with E-state index in [1.165, 1.54) is 12.8 Å². The largest absolute Gasteiger partial charge is 0.515 e. The lowest BCUT2D eigenvalue weighted by molar-refractivity contribution is 0.151. The van der Waals surface area contributed by atoms with Crippen molar-refractivity contribution in [3.05, 3.63) is 35.6 Å². The molecular weight excluding hydrogens is 304 g/mol. The third-order valence-electron chi connectivity index (χ3n) is 4.79. The van der Waals surface area contributed by atoms with Gasteiger partial charge in [-0.2, -0.15) is 0 Å². The Labute approximate surface area is 143 Å². The molecule has 0 amide bonds. The van der Waals surface area contributed by atoms with E-state index in [1.54, 1.807) is 0 Å². The highest BCUT2D eigenvalue weighted by molar-refractivity contribution is 6.74. The summed E-state index contributed by atoms with van der Waals surface area (Å²) in [5, 5.41) is 9.35. The number of aliphatic hydroxyl groups is 1. The van der Waals surface area contributed by atoms with Gasteiger partial charge in [-0.1, -0.05) is 51.8 Å². The van der Waals surface area contributed by atoms with Crippen molar-refractivity contribution in [1.29, 1.82) is 0 Å². The van der Waals surface area contributed by atoms with Crippen molar-refractivity contribution in [3.8, 4) is 0 Å². The van der Waals surface area contributed by atoms with Crippen molar-refractivity contribution in [3.63, 3.8) is 0 Å². The second-order valence-electron chi connectivity index (χ2n) is 7.71. The van der Waals surface area contributed by atoms with Crippen LogP contribution in [-0.4, -0.2) is 33.2 Å². The van der Waals surface area contributed by atoms with E-state index in [2.05, 4.69) is 33.9 Å². The summed E-state index contributed by atoms with van der Waals surface area (Å²) in [5.41, 5.74) is 1.91. The molecule has 0 unspecified atom stereocenters. The molecular formula is C19H34O3Si. The Kier molecular flexibility index (Phi) is 8.30. The van der Waals surface area contributed by atoms with Crippen molar-refractivity contribution in [1.82, 2.24) is 0 Å². The Hall–Kier alpha value is -0.843. The molecule has 0 radical (unpaired) electrons. The first-order chi connectivity index (χ1) is 10.8. The SMILES string of the molecule is CC(C)(C)[Si](C)(C)OCCCCCCOCC1=CC=CC1=CO. The molecule has 0 aliphatic heterocycles. The first-order valence-corrected chi connectivity index (χ1v) is 11.6. The number of rotatable bonds is 10. The molecule has 0 fully saturated rings. The molecule has 1 aliphatic rings. The molecule has 1 aliphatic carbocycles. The summed E-state index contributed by atoms with van der Waals surface area (Å²) in [6.07, 6.45) is 11.6. The standard InChI is InChI=1S/C19H34O3Si/c1-19(2,3)23(4,5)22-14-9-7-6-8-13-21-16-18-12-10-11-17(18)15-20/h10-12,15,20H,6-9,13-14,16H2,1-5H3. The summed E-state index contributed by atoms with van der Waals surface area (Å²) in [6, 6.07) is 0. The Morgan fingerprint density at radius 3 is 2.35 bits per heavy atom. The smallest absolute Gasteiger partial charge is 0.191 e. The molecule has 1 N–H and O–H groups in total. The molecule has 0 bridgehead atoms. The summed E-state index contributed by atoms with van der Waals surface area (Å²) < 4.78 is 11.8. The lowest BCUT2D eigenvalue weighted by Gasteiger charge is -2.36. The first kappa shape index (κ1) is 20.2. The fourth-order valence-corrected chi connectivity index (χ4v) is 3.20. The quantitative estimate of drug-likeness (QED) is 0.324. The fraction of sp³-hybridized carbons (Fsp3) is 0.684. The van der Waals surface area contributed by atoms with Gasteiger partial charge < -0.3 is 14.3 Å². The first-order valence-electron chi connectivity index (χ1n) is 8.71. The van der Waals surface area contributed by atoms with Crippen LogP contribution in [0.1, 0.15) is 46.5 Å². The van der Waals surface area contributed by atoms with E-state index in [1.807, 2.05) is 18.2 Å². The Bertz CT molecular complexity index is 442. The van der Waals surface area contributed by atoms with Crippen molar-refractivity contribution >= 4 is 8.32 Å². The summed E-state index contributed by atoms with van der Waals surface area (Å²) in [4.78, 5) is 0. The van der Waals surface area contributed by atoms with Crippen molar-refractivity contribution in [2.75, 3.05) is 19.8 Å². The molecule has 0 aromatic rings. The predicted molar refractivity (Wildman–Crippen MR) is 100 cm³/mol. The minimum Gasteiger partial charge on any atom is -0.515 e. The van der Waals surface area contributed by atoms with Crippen LogP contribution in [0.15, 0.2) is 35.6 Å². The monoisotopic (exact) mass is 338 g/mol. The van der Waals surface area contributed by atoms with Crippen molar-refractivity contribution in [2.45, 2.75) is 64.6 Å². The van der Waals surface area contributed by atoms with Gasteiger partial charge in [-0.15, -0.1) is 0 Å². The van der Waals surface area contributed by atoms with E-state index in [0.717, 1.165) is 43.5 Å². The Morgan fingerprint density at radius 1 is 1.09 bits per heavy atom. The third kappa shape index (κ3) is 7.06. The molecule has 0 spiro atoms. The zero-order valence-corrected chi connectivity index (χ0v) is 16.5. The van der Waals surface area contributed by atoms with Gasteiger partial charge in [-0.25, -0.2) is 0 Å². The van der Waals surface area contributed by atoms with Gasteiger partial charge in [-0.05, 0) is 36.5 Å². The van der Waals surface area contributed by atoms with Crippen LogP contribution in [0.5, 0.6) is 0 Å². The minimum atomic E-state index is -1.57. The summed E-state index contributed by atoms with van der Waals surface area (Å²) >= 11 is 0. The van der Waals surface area contributed by atoms with E-state index in [0.29, 0.717) is 11.6 Å². The zero-order chi connectivity index (χ0) is 17.3. The maximum atomic E-state index is 9.05.